The molecular formula is C20H14O7S. The number of hydrogen-bond donors (Lipinski definition) is 3. The summed E-state index contributed by atoms with van der Waals surface area (Å²) in [5.41, 5.74) is -0.508. The van der Waals surface area contributed by atoms with Crippen LogP contribution >= 0.6 is 0 Å². The average molecular weight is 398 g/mol. The van der Waals surface area contributed by atoms with Gasteiger partial charge in [-0.05, 0) is 17.2 Å². The molecule has 142 valence electrons. The van der Waals surface area contributed by atoms with Gasteiger partial charge in [-0.1, -0.05) is 60.7 Å². The Morgan fingerprint density at radius 3 is 1.57 bits per heavy atom. The van der Waals surface area contributed by atoms with Gasteiger partial charge in [-0.25, -0.2) is 9.59 Å². The first-order valence-electron chi connectivity index (χ1n) is 7.97. The number of carbonyl (C=O) groups is 2. The summed E-state index contributed by atoms with van der Waals surface area (Å²) in [4.78, 5) is 22.9. The van der Waals surface area contributed by atoms with Crippen LogP contribution in [-0.2, 0) is 10.1 Å². The summed E-state index contributed by atoms with van der Waals surface area (Å²) in [5, 5.41) is 19.4. The van der Waals surface area contributed by atoms with Crippen molar-refractivity contribution < 1.29 is 32.8 Å². The number of aromatic carboxylic acids is 2. The van der Waals surface area contributed by atoms with E-state index in [2.05, 4.69) is 0 Å². The minimum Gasteiger partial charge on any atom is -0.478 e. The molecule has 0 fully saturated rings. The van der Waals surface area contributed by atoms with Crippen molar-refractivity contribution in [1.29, 1.82) is 0 Å². The zero-order chi connectivity index (χ0) is 20.5. The van der Waals surface area contributed by atoms with Gasteiger partial charge in [0.15, 0.2) is 0 Å². The first-order valence-corrected chi connectivity index (χ1v) is 9.41. The highest BCUT2D eigenvalue weighted by Gasteiger charge is 2.31. The Morgan fingerprint density at radius 1 is 0.714 bits per heavy atom. The normalized spacial score (nSPS) is 11.2. The van der Waals surface area contributed by atoms with E-state index in [9.17, 15) is 32.8 Å². The highest BCUT2D eigenvalue weighted by atomic mass is 32.2. The SMILES string of the molecule is O=C(O)c1cc(S(=O)(=O)O)c(C(=O)O)c(-c2ccccc2)c1-c1ccccc1. The third-order valence-corrected chi connectivity index (χ3v) is 5.02. The van der Waals surface area contributed by atoms with Crippen LogP contribution in [0.1, 0.15) is 20.7 Å². The van der Waals surface area contributed by atoms with Crippen LogP contribution in [-0.4, -0.2) is 35.1 Å². The Balaban J connectivity index is 2.63. The lowest BCUT2D eigenvalue weighted by atomic mass is 9.87. The summed E-state index contributed by atoms with van der Waals surface area (Å²) in [6.07, 6.45) is 0. The van der Waals surface area contributed by atoms with E-state index in [4.69, 9.17) is 0 Å². The molecule has 0 saturated heterocycles. The van der Waals surface area contributed by atoms with Crippen molar-refractivity contribution in [2.24, 2.45) is 0 Å². The second-order valence-corrected chi connectivity index (χ2v) is 7.25. The van der Waals surface area contributed by atoms with E-state index in [1.54, 1.807) is 48.5 Å². The molecule has 0 aliphatic carbocycles. The Kier molecular flexibility index (Phi) is 5.00. The Hall–Kier alpha value is -3.49. The molecule has 0 spiro atoms. The van der Waals surface area contributed by atoms with Crippen LogP contribution in [0.25, 0.3) is 22.3 Å². The summed E-state index contributed by atoms with van der Waals surface area (Å²) in [6.45, 7) is 0. The second-order valence-electron chi connectivity index (χ2n) is 5.86. The van der Waals surface area contributed by atoms with Crippen LogP contribution < -0.4 is 0 Å². The monoisotopic (exact) mass is 398 g/mol. The minimum atomic E-state index is -5.01. The maximum Gasteiger partial charge on any atom is 0.337 e. The van der Waals surface area contributed by atoms with Crippen molar-refractivity contribution in [3.05, 3.63) is 77.9 Å². The quantitative estimate of drug-likeness (QED) is 0.559. The predicted molar refractivity (Wildman–Crippen MR) is 101 cm³/mol. The molecule has 0 aromatic heterocycles. The Labute approximate surface area is 160 Å². The number of carboxylic acids is 2. The molecule has 28 heavy (non-hydrogen) atoms. The van der Waals surface area contributed by atoms with E-state index in [1.165, 1.54) is 12.1 Å². The second kappa shape index (κ2) is 7.26. The zero-order valence-corrected chi connectivity index (χ0v) is 15.1. The van der Waals surface area contributed by atoms with Crippen LogP contribution in [0.4, 0.5) is 0 Å². The molecule has 3 rings (SSSR count). The molecule has 0 bridgehead atoms. The number of hydrogen-bond acceptors (Lipinski definition) is 4. The van der Waals surface area contributed by atoms with Gasteiger partial charge in [-0.2, -0.15) is 8.42 Å². The molecular weight excluding hydrogens is 384 g/mol. The lowest BCUT2D eigenvalue weighted by molar-refractivity contribution is 0.0679. The zero-order valence-electron chi connectivity index (χ0n) is 14.2. The third kappa shape index (κ3) is 3.51. The maximum absolute atomic E-state index is 12.0. The summed E-state index contributed by atoms with van der Waals surface area (Å²) in [7, 11) is -5.01. The van der Waals surface area contributed by atoms with Crippen molar-refractivity contribution in [2.45, 2.75) is 4.90 Å². The Morgan fingerprint density at radius 2 is 1.18 bits per heavy atom. The Bertz CT molecular complexity index is 1170. The molecule has 8 heteroatoms. The van der Waals surface area contributed by atoms with Gasteiger partial charge in [-0.3, -0.25) is 4.55 Å². The van der Waals surface area contributed by atoms with Crippen molar-refractivity contribution in [3.8, 4) is 22.3 Å². The lowest BCUT2D eigenvalue weighted by Gasteiger charge is -2.18. The first-order chi connectivity index (χ1) is 13.2. The van der Waals surface area contributed by atoms with Gasteiger partial charge in [0, 0.05) is 11.1 Å². The minimum absolute atomic E-state index is 0.0455. The number of rotatable bonds is 5. The van der Waals surface area contributed by atoms with Gasteiger partial charge in [0.05, 0.1) is 11.1 Å². The molecule has 0 atom stereocenters. The van der Waals surface area contributed by atoms with Gasteiger partial charge in [0.1, 0.15) is 4.90 Å². The average Bonchev–Trinajstić information content (AvgIpc) is 2.66. The van der Waals surface area contributed by atoms with Gasteiger partial charge in [0.25, 0.3) is 10.1 Å². The van der Waals surface area contributed by atoms with E-state index in [1.807, 2.05) is 0 Å². The molecule has 3 aromatic carbocycles. The fourth-order valence-electron chi connectivity index (χ4n) is 3.04. The largest absolute Gasteiger partial charge is 0.478 e. The number of carboxylic acid groups (broad SMARTS) is 2. The molecule has 0 aliphatic rings. The fraction of sp³-hybridized carbons (Fsp3) is 0. The van der Waals surface area contributed by atoms with Gasteiger partial charge in [-0.15, -0.1) is 0 Å². The summed E-state index contributed by atoms with van der Waals surface area (Å²) >= 11 is 0. The maximum atomic E-state index is 12.0. The first kappa shape index (κ1) is 19.3. The van der Waals surface area contributed by atoms with Crippen LogP contribution in [0.2, 0.25) is 0 Å². The third-order valence-electron chi connectivity index (χ3n) is 4.14. The summed E-state index contributed by atoms with van der Waals surface area (Å²) < 4.78 is 33.3. The van der Waals surface area contributed by atoms with Gasteiger partial charge in [0.2, 0.25) is 0 Å². The van der Waals surface area contributed by atoms with Crippen LogP contribution in [0.5, 0.6) is 0 Å². The standard InChI is InChI=1S/C20H14O7S/c21-19(22)14-11-15(28(25,26)27)18(20(23)24)17(13-9-5-2-6-10-13)16(14)12-7-3-1-4-8-12/h1-11H,(H,21,22)(H,23,24)(H,25,26,27). The molecule has 0 unspecified atom stereocenters. The van der Waals surface area contributed by atoms with Crippen LogP contribution in [0.15, 0.2) is 71.6 Å². The summed E-state index contributed by atoms with van der Waals surface area (Å²) in [6, 6.07) is 16.8. The molecule has 0 aliphatic heterocycles. The fourth-order valence-corrected chi connectivity index (χ4v) is 3.75. The van der Waals surface area contributed by atoms with Gasteiger partial charge >= 0.3 is 11.9 Å². The highest BCUT2D eigenvalue weighted by molar-refractivity contribution is 7.86. The molecule has 3 N–H and O–H groups in total. The smallest absolute Gasteiger partial charge is 0.337 e. The topological polar surface area (TPSA) is 129 Å². The van der Waals surface area contributed by atoms with E-state index >= 15 is 0 Å². The number of benzene rings is 3. The van der Waals surface area contributed by atoms with E-state index in [-0.39, 0.29) is 11.1 Å². The van der Waals surface area contributed by atoms with Gasteiger partial charge < -0.3 is 10.2 Å². The molecule has 0 saturated carbocycles. The van der Waals surface area contributed by atoms with E-state index in [0.29, 0.717) is 17.2 Å². The van der Waals surface area contributed by atoms with Crippen molar-refractivity contribution in [3.63, 3.8) is 0 Å². The van der Waals surface area contributed by atoms with Crippen molar-refractivity contribution in [2.75, 3.05) is 0 Å². The summed E-state index contributed by atoms with van der Waals surface area (Å²) in [5.74, 6) is -3.07. The van der Waals surface area contributed by atoms with Crippen molar-refractivity contribution in [1.82, 2.24) is 0 Å². The van der Waals surface area contributed by atoms with E-state index < -0.39 is 38.1 Å². The molecule has 7 nitrogen and oxygen atoms in total. The molecule has 0 radical (unpaired) electrons. The van der Waals surface area contributed by atoms with Crippen molar-refractivity contribution >= 4 is 22.1 Å². The highest BCUT2D eigenvalue weighted by Crippen LogP contribution is 2.41. The lowest BCUT2D eigenvalue weighted by Crippen LogP contribution is -2.14. The predicted octanol–water partition coefficient (Wildman–Crippen LogP) is 3.66. The molecule has 3 aromatic rings. The van der Waals surface area contributed by atoms with E-state index in [0.717, 1.165) is 0 Å². The van der Waals surface area contributed by atoms with Crippen LogP contribution in [0, 0.1) is 0 Å². The molecule has 0 heterocycles. The molecule has 0 amide bonds. The van der Waals surface area contributed by atoms with Crippen LogP contribution in [0.3, 0.4) is 0 Å².